The molecule has 0 fully saturated rings. The summed E-state index contributed by atoms with van der Waals surface area (Å²) in [4.78, 5) is 12.1. The van der Waals surface area contributed by atoms with Gasteiger partial charge in [-0.1, -0.05) is 17.7 Å². The van der Waals surface area contributed by atoms with Crippen molar-refractivity contribution in [3.05, 3.63) is 40.5 Å². The molecule has 0 radical (unpaired) electrons. The summed E-state index contributed by atoms with van der Waals surface area (Å²) in [5.74, 6) is 0.00285. The van der Waals surface area contributed by atoms with E-state index in [-0.39, 0.29) is 5.91 Å². The van der Waals surface area contributed by atoms with Crippen LogP contribution in [0.25, 0.3) is 0 Å². The van der Waals surface area contributed by atoms with Crippen LogP contribution in [0.3, 0.4) is 0 Å². The zero-order chi connectivity index (χ0) is 14.0. The van der Waals surface area contributed by atoms with Crippen LogP contribution in [0.2, 0.25) is 5.02 Å². The fourth-order valence-corrected chi connectivity index (χ4v) is 1.82. The topological polar surface area (TPSA) is 56.2 Å². The number of rotatable bonds is 3. The van der Waals surface area contributed by atoms with Crippen LogP contribution in [0.4, 0.5) is 5.69 Å². The lowest BCUT2D eigenvalue weighted by molar-refractivity contribution is 0.102. The Labute approximate surface area is 116 Å². The third kappa shape index (κ3) is 2.88. The van der Waals surface area contributed by atoms with Gasteiger partial charge in [-0.25, -0.2) is 0 Å². The highest BCUT2D eigenvalue weighted by Crippen LogP contribution is 2.22. The Kier molecular flexibility index (Phi) is 3.76. The predicted octanol–water partition coefficient (Wildman–Crippen LogP) is 2.64. The van der Waals surface area contributed by atoms with Crippen LogP contribution in [0.15, 0.2) is 24.4 Å². The SMILES string of the molecule is COc1nn(C)cc1C(=O)Nc1ccc(C)c(Cl)c1. The van der Waals surface area contributed by atoms with E-state index in [9.17, 15) is 4.79 Å². The van der Waals surface area contributed by atoms with Crippen molar-refractivity contribution < 1.29 is 9.53 Å². The number of benzene rings is 1. The highest BCUT2D eigenvalue weighted by molar-refractivity contribution is 6.31. The summed E-state index contributed by atoms with van der Waals surface area (Å²) in [6.07, 6.45) is 1.60. The average molecular weight is 280 g/mol. The number of nitrogens with zero attached hydrogens (tertiary/aromatic N) is 2. The molecule has 100 valence electrons. The first-order valence-electron chi connectivity index (χ1n) is 5.66. The molecule has 0 bridgehead atoms. The van der Waals surface area contributed by atoms with Crippen LogP contribution in [-0.2, 0) is 7.05 Å². The lowest BCUT2D eigenvalue weighted by Gasteiger charge is -2.06. The minimum absolute atomic E-state index is 0.287. The molecule has 0 aliphatic carbocycles. The van der Waals surface area contributed by atoms with Gasteiger partial charge in [-0.05, 0) is 24.6 Å². The molecule has 2 aromatic rings. The number of amides is 1. The maximum Gasteiger partial charge on any atom is 0.262 e. The Balaban J connectivity index is 2.22. The molecule has 0 saturated carbocycles. The van der Waals surface area contributed by atoms with Gasteiger partial charge < -0.3 is 10.1 Å². The monoisotopic (exact) mass is 279 g/mol. The van der Waals surface area contributed by atoms with E-state index in [1.165, 1.54) is 11.8 Å². The second kappa shape index (κ2) is 5.32. The van der Waals surface area contributed by atoms with Crippen molar-refractivity contribution in [3.63, 3.8) is 0 Å². The molecule has 0 unspecified atom stereocenters. The number of nitrogens with one attached hydrogen (secondary N) is 1. The zero-order valence-electron chi connectivity index (χ0n) is 10.9. The number of ether oxygens (including phenoxy) is 1. The van der Waals surface area contributed by atoms with Crippen molar-refractivity contribution in [2.75, 3.05) is 12.4 Å². The molecule has 1 aromatic heterocycles. The molecule has 0 saturated heterocycles. The molecular formula is C13H14ClN3O2. The Morgan fingerprint density at radius 2 is 2.21 bits per heavy atom. The van der Waals surface area contributed by atoms with Gasteiger partial charge in [0.25, 0.3) is 5.91 Å². The van der Waals surface area contributed by atoms with Crippen molar-refractivity contribution in [3.8, 4) is 5.88 Å². The van der Waals surface area contributed by atoms with E-state index in [4.69, 9.17) is 16.3 Å². The lowest BCUT2D eigenvalue weighted by Crippen LogP contribution is -2.12. The molecule has 0 aliphatic heterocycles. The minimum Gasteiger partial charge on any atom is -0.479 e. The molecule has 0 atom stereocenters. The second-order valence-electron chi connectivity index (χ2n) is 4.14. The highest BCUT2D eigenvalue weighted by atomic mass is 35.5. The molecule has 5 nitrogen and oxygen atoms in total. The normalized spacial score (nSPS) is 10.3. The molecular weight excluding hydrogens is 266 g/mol. The molecule has 0 spiro atoms. The fourth-order valence-electron chi connectivity index (χ4n) is 1.64. The summed E-state index contributed by atoms with van der Waals surface area (Å²) in [5.41, 5.74) is 1.96. The highest BCUT2D eigenvalue weighted by Gasteiger charge is 2.16. The van der Waals surface area contributed by atoms with Gasteiger partial charge >= 0.3 is 0 Å². The number of aromatic nitrogens is 2. The van der Waals surface area contributed by atoms with Crippen LogP contribution in [0, 0.1) is 6.92 Å². The maximum atomic E-state index is 12.1. The van der Waals surface area contributed by atoms with E-state index in [0.29, 0.717) is 22.2 Å². The van der Waals surface area contributed by atoms with Crippen molar-refractivity contribution >= 4 is 23.2 Å². The molecule has 1 heterocycles. The average Bonchev–Trinajstić information content (AvgIpc) is 2.75. The standard InChI is InChI=1S/C13H14ClN3O2/c1-8-4-5-9(6-11(8)14)15-12(18)10-7-17(2)16-13(10)19-3/h4-7H,1-3H3,(H,15,18). The second-order valence-corrected chi connectivity index (χ2v) is 4.55. The molecule has 6 heteroatoms. The summed E-state index contributed by atoms with van der Waals surface area (Å²) in [5, 5.41) is 7.40. The van der Waals surface area contributed by atoms with Gasteiger partial charge in [-0.3, -0.25) is 9.48 Å². The Morgan fingerprint density at radius 3 is 2.84 bits per heavy atom. The quantitative estimate of drug-likeness (QED) is 0.940. The fraction of sp³-hybridized carbons (Fsp3) is 0.231. The minimum atomic E-state index is -0.287. The molecule has 0 aliphatic rings. The number of carbonyl (C=O) groups is 1. The Bertz CT molecular complexity index is 622. The van der Waals surface area contributed by atoms with Gasteiger partial charge in [-0.2, -0.15) is 0 Å². The molecule has 19 heavy (non-hydrogen) atoms. The number of methoxy groups -OCH3 is 1. The first-order chi connectivity index (χ1) is 9.01. The van der Waals surface area contributed by atoms with Crippen molar-refractivity contribution in [2.45, 2.75) is 6.92 Å². The first kappa shape index (κ1) is 13.4. The number of aryl methyl sites for hydroxylation is 2. The van der Waals surface area contributed by atoms with Crippen molar-refractivity contribution in [2.24, 2.45) is 7.05 Å². The van der Waals surface area contributed by atoms with E-state index in [2.05, 4.69) is 10.4 Å². The van der Waals surface area contributed by atoms with E-state index in [0.717, 1.165) is 5.56 Å². The Morgan fingerprint density at radius 1 is 1.47 bits per heavy atom. The predicted molar refractivity (Wildman–Crippen MR) is 73.9 cm³/mol. The van der Waals surface area contributed by atoms with Gasteiger partial charge in [-0.15, -0.1) is 5.10 Å². The molecule has 2 rings (SSSR count). The lowest BCUT2D eigenvalue weighted by atomic mass is 10.2. The number of hydrogen-bond acceptors (Lipinski definition) is 3. The van der Waals surface area contributed by atoms with Gasteiger partial charge in [0.15, 0.2) is 0 Å². The summed E-state index contributed by atoms with van der Waals surface area (Å²) in [6.45, 7) is 1.90. The third-order valence-electron chi connectivity index (χ3n) is 2.66. The smallest absolute Gasteiger partial charge is 0.262 e. The van der Waals surface area contributed by atoms with Crippen LogP contribution >= 0.6 is 11.6 Å². The summed E-state index contributed by atoms with van der Waals surface area (Å²) < 4.78 is 6.57. The summed E-state index contributed by atoms with van der Waals surface area (Å²) >= 11 is 6.01. The van der Waals surface area contributed by atoms with Crippen LogP contribution in [-0.4, -0.2) is 22.8 Å². The maximum absolute atomic E-state index is 12.1. The number of carbonyl (C=O) groups excluding carboxylic acids is 1. The van der Waals surface area contributed by atoms with E-state index >= 15 is 0 Å². The first-order valence-corrected chi connectivity index (χ1v) is 6.04. The van der Waals surface area contributed by atoms with Crippen LogP contribution in [0.1, 0.15) is 15.9 Å². The van der Waals surface area contributed by atoms with Crippen molar-refractivity contribution in [1.29, 1.82) is 0 Å². The Hall–Kier alpha value is -2.01. The number of anilines is 1. The van der Waals surface area contributed by atoms with Gasteiger partial charge in [0.05, 0.1) is 7.11 Å². The largest absolute Gasteiger partial charge is 0.479 e. The number of hydrogen-bond donors (Lipinski definition) is 1. The van der Waals surface area contributed by atoms with Crippen LogP contribution in [0.5, 0.6) is 5.88 Å². The summed E-state index contributed by atoms with van der Waals surface area (Å²) in [6, 6.07) is 5.35. The summed E-state index contributed by atoms with van der Waals surface area (Å²) in [7, 11) is 3.20. The van der Waals surface area contributed by atoms with E-state index in [1.807, 2.05) is 13.0 Å². The van der Waals surface area contributed by atoms with Crippen molar-refractivity contribution in [1.82, 2.24) is 9.78 Å². The molecule has 1 N–H and O–H groups in total. The van der Waals surface area contributed by atoms with Gasteiger partial charge in [0, 0.05) is 24.0 Å². The third-order valence-corrected chi connectivity index (χ3v) is 3.07. The van der Waals surface area contributed by atoms with Crippen LogP contribution < -0.4 is 10.1 Å². The van der Waals surface area contributed by atoms with E-state index < -0.39 is 0 Å². The van der Waals surface area contributed by atoms with Gasteiger partial charge in [0.2, 0.25) is 5.88 Å². The number of halogens is 1. The van der Waals surface area contributed by atoms with E-state index in [1.54, 1.807) is 25.4 Å². The van der Waals surface area contributed by atoms with Gasteiger partial charge in [0.1, 0.15) is 5.56 Å². The molecule has 1 amide bonds. The molecule has 1 aromatic carbocycles. The zero-order valence-corrected chi connectivity index (χ0v) is 11.7.